The molecular weight excluding hydrogens is 165 g/mol. The minimum absolute atomic E-state index is 0.274. The predicted octanol–water partition coefficient (Wildman–Crippen LogP) is 1.62. The molecule has 1 unspecified atom stereocenters. The first-order valence-electron chi connectivity index (χ1n) is 2.79. The summed E-state index contributed by atoms with van der Waals surface area (Å²) in [5.74, 6) is 0.499. The van der Waals surface area contributed by atoms with Crippen molar-refractivity contribution >= 4 is 11.2 Å². The zero-order valence-corrected chi connectivity index (χ0v) is 5.89. The monoisotopic (exact) mass is 171 g/mol. The van der Waals surface area contributed by atoms with Crippen LogP contribution in [-0.4, -0.2) is 15.8 Å². The fraction of sp³-hybridized carbons (Fsp3) is 0.800. The number of rotatable bonds is 2. The van der Waals surface area contributed by atoms with Crippen LogP contribution in [0.25, 0.3) is 0 Å². The molecule has 0 aromatic carbocycles. The van der Waals surface area contributed by atoms with Gasteiger partial charge in [0.2, 0.25) is 0 Å². The molecule has 0 bridgehead atoms. The lowest BCUT2D eigenvalue weighted by molar-refractivity contribution is -0.0433. The van der Waals surface area contributed by atoms with E-state index >= 15 is 0 Å². The lowest BCUT2D eigenvalue weighted by Crippen LogP contribution is -2.26. The molecule has 1 aliphatic carbocycles. The second-order valence-electron chi connectivity index (χ2n) is 2.19. The fourth-order valence-electron chi connectivity index (χ4n) is 0.500. The normalized spacial score (nSPS) is 22.8. The zero-order valence-electron chi connectivity index (χ0n) is 5.07. The average Bonchev–Trinajstić information content (AvgIpc) is 2.47. The molecule has 0 heterocycles. The lowest BCUT2D eigenvalue weighted by Gasteiger charge is -2.11. The molecular formula is C5H6F3OS. The van der Waals surface area contributed by atoms with Crippen molar-refractivity contribution in [1.82, 2.24) is 0 Å². The highest BCUT2D eigenvalue weighted by molar-refractivity contribution is 7.92. The van der Waals surface area contributed by atoms with E-state index in [1.165, 1.54) is 0 Å². The molecule has 0 saturated heterocycles. The Kier molecular flexibility index (Phi) is 2.15. The van der Waals surface area contributed by atoms with Crippen molar-refractivity contribution in [3.8, 4) is 0 Å². The highest BCUT2D eigenvalue weighted by atomic mass is 32.2. The summed E-state index contributed by atoms with van der Waals surface area (Å²) < 4.78 is 44.9. The van der Waals surface area contributed by atoms with Crippen LogP contribution in [0.2, 0.25) is 0 Å². The van der Waals surface area contributed by atoms with Gasteiger partial charge in [-0.2, -0.15) is 0 Å². The second kappa shape index (κ2) is 2.62. The number of hydrogen-bond acceptors (Lipinski definition) is 1. The van der Waals surface area contributed by atoms with Crippen LogP contribution in [0.4, 0.5) is 13.2 Å². The van der Waals surface area contributed by atoms with E-state index in [4.69, 9.17) is 0 Å². The quantitative estimate of drug-likeness (QED) is 0.579. The Morgan fingerprint density at radius 1 is 1.40 bits per heavy atom. The minimum atomic E-state index is -4.52. The Labute approximate surface area is 59.8 Å². The third-order valence-corrected chi connectivity index (χ3v) is 2.38. The Morgan fingerprint density at radius 2 is 1.90 bits per heavy atom. The minimum Gasteiger partial charge on any atom is -0.609 e. The largest absolute Gasteiger partial charge is 0.609 e. The molecule has 0 N–H and O–H groups in total. The number of alkyl halides is 3. The van der Waals surface area contributed by atoms with Crippen molar-refractivity contribution in [3.05, 3.63) is 5.92 Å². The van der Waals surface area contributed by atoms with Crippen LogP contribution in [-0.2, 0) is 11.2 Å². The molecule has 10 heavy (non-hydrogen) atoms. The van der Waals surface area contributed by atoms with E-state index in [1.807, 2.05) is 0 Å². The molecule has 0 aromatic heterocycles. The van der Waals surface area contributed by atoms with E-state index in [-0.39, 0.29) is 5.75 Å². The summed E-state index contributed by atoms with van der Waals surface area (Å²) in [7, 11) is 0. The summed E-state index contributed by atoms with van der Waals surface area (Å²) in [6.07, 6.45) is 1.45. The summed E-state index contributed by atoms with van der Waals surface area (Å²) in [4.78, 5) is 0. The van der Waals surface area contributed by atoms with Gasteiger partial charge in [-0.1, -0.05) is 0 Å². The van der Waals surface area contributed by atoms with Crippen molar-refractivity contribution in [2.75, 3.05) is 5.75 Å². The maximum Gasteiger partial charge on any atom is 0.572 e. The molecule has 0 aliphatic heterocycles. The molecule has 1 nitrogen and oxygen atoms in total. The van der Waals surface area contributed by atoms with E-state index in [0.717, 1.165) is 18.8 Å². The molecule has 1 saturated carbocycles. The Bertz CT molecular complexity index is 121. The molecule has 1 radical (unpaired) electrons. The van der Waals surface area contributed by atoms with Crippen LogP contribution in [0, 0.1) is 5.92 Å². The smallest absolute Gasteiger partial charge is 0.572 e. The van der Waals surface area contributed by atoms with Gasteiger partial charge in [-0.15, -0.1) is 13.2 Å². The third kappa shape index (κ3) is 2.38. The first-order chi connectivity index (χ1) is 4.50. The molecule has 5 heteroatoms. The molecule has 1 aliphatic rings. The van der Waals surface area contributed by atoms with Crippen molar-refractivity contribution < 1.29 is 17.7 Å². The van der Waals surface area contributed by atoms with Crippen molar-refractivity contribution in [2.45, 2.75) is 18.3 Å². The summed E-state index contributed by atoms with van der Waals surface area (Å²) in [5, 5.41) is 0. The van der Waals surface area contributed by atoms with Crippen LogP contribution in [0.15, 0.2) is 0 Å². The highest BCUT2D eigenvalue weighted by Gasteiger charge is 2.47. The Morgan fingerprint density at radius 3 is 2.20 bits per heavy atom. The summed E-state index contributed by atoms with van der Waals surface area (Å²) in [6.45, 7) is 0. The van der Waals surface area contributed by atoms with Gasteiger partial charge in [-0.25, -0.2) is 0 Å². The molecule has 59 valence electrons. The maximum absolute atomic E-state index is 11.5. The van der Waals surface area contributed by atoms with Crippen molar-refractivity contribution in [2.24, 2.45) is 0 Å². The van der Waals surface area contributed by atoms with E-state index in [9.17, 15) is 17.7 Å². The molecule has 1 atom stereocenters. The van der Waals surface area contributed by atoms with Gasteiger partial charge in [0.15, 0.2) is 0 Å². The first kappa shape index (κ1) is 8.20. The van der Waals surface area contributed by atoms with Gasteiger partial charge in [-0.05, 0) is 12.8 Å². The van der Waals surface area contributed by atoms with E-state index in [2.05, 4.69) is 0 Å². The van der Waals surface area contributed by atoms with Gasteiger partial charge in [0, 0.05) is 5.92 Å². The van der Waals surface area contributed by atoms with Crippen LogP contribution in [0.1, 0.15) is 12.8 Å². The second-order valence-corrected chi connectivity index (χ2v) is 3.63. The van der Waals surface area contributed by atoms with Gasteiger partial charge in [0.1, 0.15) is 5.75 Å². The predicted molar refractivity (Wildman–Crippen MR) is 31.5 cm³/mol. The SMILES string of the molecule is [O-][S+](C[C]1CC1)C(F)(F)F. The molecule has 1 rings (SSSR count). The first-order valence-corrected chi connectivity index (χ1v) is 4.11. The third-order valence-electron chi connectivity index (χ3n) is 1.20. The van der Waals surface area contributed by atoms with Gasteiger partial charge in [-0.3, -0.25) is 0 Å². The summed E-state index contributed by atoms with van der Waals surface area (Å²) in [5.41, 5.74) is -4.52. The Balaban J connectivity index is 2.25. The van der Waals surface area contributed by atoms with Crippen LogP contribution >= 0.6 is 0 Å². The van der Waals surface area contributed by atoms with Gasteiger partial charge >= 0.3 is 5.51 Å². The van der Waals surface area contributed by atoms with Gasteiger partial charge in [0.05, 0.1) is 11.2 Å². The summed E-state index contributed by atoms with van der Waals surface area (Å²) in [6, 6.07) is 0. The van der Waals surface area contributed by atoms with Crippen LogP contribution in [0.3, 0.4) is 0 Å². The molecule has 0 amide bonds. The van der Waals surface area contributed by atoms with E-state index in [1.54, 1.807) is 0 Å². The maximum atomic E-state index is 11.5. The van der Waals surface area contributed by atoms with Gasteiger partial charge in [0.25, 0.3) is 0 Å². The van der Waals surface area contributed by atoms with E-state index < -0.39 is 16.7 Å². The van der Waals surface area contributed by atoms with Gasteiger partial charge < -0.3 is 4.55 Å². The zero-order chi connectivity index (χ0) is 7.78. The van der Waals surface area contributed by atoms with Crippen LogP contribution < -0.4 is 0 Å². The van der Waals surface area contributed by atoms with Crippen molar-refractivity contribution in [1.29, 1.82) is 0 Å². The van der Waals surface area contributed by atoms with Crippen LogP contribution in [0.5, 0.6) is 0 Å². The highest BCUT2D eigenvalue weighted by Crippen LogP contribution is 2.37. The topological polar surface area (TPSA) is 23.1 Å². The number of halogens is 3. The lowest BCUT2D eigenvalue weighted by atomic mass is 10.5. The fourth-order valence-corrected chi connectivity index (χ4v) is 1.32. The standard InChI is InChI=1S/C5H6F3OS/c6-5(7,8)10(9)3-4-1-2-4/h1-3H2. The van der Waals surface area contributed by atoms with Crippen molar-refractivity contribution in [3.63, 3.8) is 0 Å². The Hall–Kier alpha value is 0.100. The molecule has 0 aromatic rings. The molecule has 0 spiro atoms. The average molecular weight is 171 g/mol. The van der Waals surface area contributed by atoms with E-state index in [0.29, 0.717) is 0 Å². The molecule has 1 fully saturated rings. The number of hydrogen-bond donors (Lipinski definition) is 0. The summed E-state index contributed by atoms with van der Waals surface area (Å²) >= 11 is -2.64.